The summed E-state index contributed by atoms with van der Waals surface area (Å²) in [6.45, 7) is 6.17. The first kappa shape index (κ1) is 21.5. The summed E-state index contributed by atoms with van der Waals surface area (Å²) in [6.07, 6.45) is 0. The van der Waals surface area contributed by atoms with Gasteiger partial charge in [-0.15, -0.1) is 0 Å². The van der Waals surface area contributed by atoms with Crippen LogP contribution < -0.4 is 15.8 Å². The molecule has 0 aliphatic carbocycles. The predicted octanol–water partition coefficient (Wildman–Crippen LogP) is 4.92. The van der Waals surface area contributed by atoms with Crippen molar-refractivity contribution >= 4 is 34.6 Å². The Morgan fingerprint density at radius 2 is 1.68 bits per heavy atom. The van der Waals surface area contributed by atoms with Gasteiger partial charge in [-0.3, -0.25) is 0 Å². The lowest BCUT2D eigenvalue weighted by atomic mass is 10.1. The number of ether oxygens (including phenoxy) is 1. The van der Waals surface area contributed by atoms with E-state index in [4.69, 9.17) is 27.1 Å². The maximum absolute atomic E-state index is 6.49. The summed E-state index contributed by atoms with van der Waals surface area (Å²) < 4.78 is 6.11. The van der Waals surface area contributed by atoms with Crippen LogP contribution in [-0.2, 0) is 17.8 Å². The van der Waals surface area contributed by atoms with E-state index in [-0.39, 0.29) is 4.59 Å². The van der Waals surface area contributed by atoms with E-state index in [0.717, 1.165) is 22.6 Å². The molecule has 1 aliphatic rings. The molecular weight excluding hydrogens is 410 g/mol. The molecule has 3 aromatic rings. The molecule has 0 saturated heterocycles. The number of halogens is 1. The highest BCUT2D eigenvalue weighted by atomic mass is 35.5. The van der Waals surface area contributed by atoms with Crippen molar-refractivity contribution < 1.29 is 4.74 Å². The van der Waals surface area contributed by atoms with Gasteiger partial charge in [0.2, 0.25) is 0 Å². The zero-order chi connectivity index (χ0) is 21.8. The Labute approximate surface area is 187 Å². The van der Waals surface area contributed by atoms with Crippen LogP contribution in [0.2, 0.25) is 5.15 Å². The zero-order valence-electron chi connectivity index (χ0n) is 17.8. The van der Waals surface area contributed by atoms with Crippen molar-refractivity contribution in [2.75, 3.05) is 18.9 Å². The van der Waals surface area contributed by atoms with E-state index in [1.165, 1.54) is 5.56 Å². The van der Waals surface area contributed by atoms with Gasteiger partial charge < -0.3 is 10.5 Å². The van der Waals surface area contributed by atoms with E-state index < -0.39 is 0 Å². The van der Waals surface area contributed by atoms with Crippen molar-refractivity contribution in [3.05, 3.63) is 82.5 Å². The third-order valence-electron chi connectivity index (χ3n) is 5.51. The molecule has 0 amide bonds. The zero-order valence-corrected chi connectivity index (χ0v) is 18.6. The SMILES string of the molecule is CCOCC1=Nc2c(N)nc(Cl)c(C)c2[N+]1(Cc1ccccc1)NCc1ccccc1. The number of aromatic nitrogens is 1. The number of anilines is 1. The Bertz CT molecular complexity index is 1090. The van der Waals surface area contributed by atoms with Crippen LogP contribution in [0, 0.1) is 6.92 Å². The first-order valence-electron chi connectivity index (χ1n) is 10.4. The van der Waals surface area contributed by atoms with E-state index in [2.05, 4.69) is 34.7 Å². The maximum atomic E-state index is 6.49. The number of amidine groups is 1. The Morgan fingerprint density at radius 1 is 1.03 bits per heavy atom. The summed E-state index contributed by atoms with van der Waals surface area (Å²) in [5.41, 5.74) is 14.8. The van der Waals surface area contributed by atoms with Crippen LogP contribution in [0.3, 0.4) is 0 Å². The standard InChI is InChI=1S/C24H27ClN5O/c1-3-31-16-20-28-21-22(17(2)23(25)29-24(21)26)30(20,15-19-12-8-5-9-13-19)27-14-18-10-6-4-7-11-18/h4-13,27H,3,14-16H2,1-2H3,(H2,26,29)/q+1. The van der Waals surface area contributed by atoms with Gasteiger partial charge >= 0.3 is 0 Å². The fourth-order valence-corrected chi connectivity index (χ4v) is 4.15. The molecule has 31 heavy (non-hydrogen) atoms. The van der Waals surface area contributed by atoms with Crippen molar-refractivity contribution in [3.63, 3.8) is 0 Å². The summed E-state index contributed by atoms with van der Waals surface area (Å²) in [5, 5.41) is 0.390. The smallest absolute Gasteiger partial charge is 0.255 e. The number of rotatable bonds is 8. The van der Waals surface area contributed by atoms with Gasteiger partial charge in [0.1, 0.15) is 18.3 Å². The van der Waals surface area contributed by atoms with Gasteiger partial charge in [-0.2, -0.15) is 15.0 Å². The monoisotopic (exact) mass is 436 g/mol. The molecule has 6 nitrogen and oxygen atoms in total. The molecule has 0 saturated carbocycles. The van der Waals surface area contributed by atoms with Crippen molar-refractivity contribution in [2.45, 2.75) is 26.9 Å². The molecule has 4 rings (SSSR count). The van der Waals surface area contributed by atoms with E-state index in [0.29, 0.717) is 43.0 Å². The number of nitrogens with one attached hydrogen (secondary N) is 1. The largest absolute Gasteiger partial charge is 0.382 e. The molecule has 1 aromatic heterocycles. The van der Waals surface area contributed by atoms with Crippen LogP contribution in [0.1, 0.15) is 23.6 Å². The fraction of sp³-hybridized carbons (Fsp3) is 0.250. The van der Waals surface area contributed by atoms with E-state index >= 15 is 0 Å². The minimum atomic E-state index is 0.284. The van der Waals surface area contributed by atoms with Crippen molar-refractivity contribution in [3.8, 4) is 0 Å². The number of fused-ring (bicyclic) bond motifs is 1. The lowest BCUT2D eigenvalue weighted by Crippen LogP contribution is -2.62. The summed E-state index contributed by atoms with van der Waals surface area (Å²) in [4.78, 5) is 9.22. The Kier molecular flexibility index (Phi) is 6.34. The number of hydrogen-bond acceptors (Lipinski definition) is 5. The average molecular weight is 437 g/mol. The van der Waals surface area contributed by atoms with Crippen LogP contribution in [0.4, 0.5) is 17.2 Å². The Morgan fingerprint density at radius 3 is 2.32 bits per heavy atom. The molecule has 7 heteroatoms. The minimum Gasteiger partial charge on any atom is -0.382 e. The topological polar surface area (TPSA) is 72.5 Å². The number of quaternary nitrogens is 1. The summed E-state index contributed by atoms with van der Waals surface area (Å²) >= 11 is 6.49. The Hall–Kier alpha value is -2.77. The maximum Gasteiger partial charge on any atom is 0.255 e. The second-order valence-corrected chi connectivity index (χ2v) is 7.91. The molecule has 0 radical (unpaired) electrons. The second kappa shape index (κ2) is 9.16. The average Bonchev–Trinajstić information content (AvgIpc) is 3.10. The van der Waals surface area contributed by atoms with Crippen molar-refractivity contribution in [1.82, 2.24) is 15.0 Å². The number of pyridine rings is 1. The fourth-order valence-electron chi connectivity index (χ4n) is 3.97. The van der Waals surface area contributed by atoms with Crippen molar-refractivity contribution in [2.24, 2.45) is 4.99 Å². The lowest BCUT2D eigenvalue weighted by Gasteiger charge is -2.35. The molecule has 0 spiro atoms. The van der Waals surface area contributed by atoms with Gasteiger partial charge in [0.05, 0.1) is 12.1 Å². The molecule has 3 N–H and O–H groups in total. The van der Waals surface area contributed by atoms with Gasteiger partial charge in [0.25, 0.3) is 5.84 Å². The first-order chi connectivity index (χ1) is 15.0. The molecule has 2 heterocycles. The van der Waals surface area contributed by atoms with Crippen LogP contribution >= 0.6 is 11.6 Å². The number of nitrogen functional groups attached to an aromatic ring is 1. The molecular formula is C24H27ClN5O+. The highest BCUT2D eigenvalue weighted by molar-refractivity contribution is 6.31. The van der Waals surface area contributed by atoms with E-state index in [9.17, 15) is 0 Å². The Balaban J connectivity index is 1.86. The quantitative estimate of drug-likeness (QED) is 0.388. The molecule has 160 valence electrons. The third kappa shape index (κ3) is 4.20. The van der Waals surface area contributed by atoms with Gasteiger partial charge in [-0.05, 0) is 19.4 Å². The number of benzene rings is 2. The summed E-state index contributed by atoms with van der Waals surface area (Å²) in [6, 6.07) is 20.6. The molecule has 1 unspecified atom stereocenters. The van der Waals surface area contributed by atoms with Gasteiger partial charge in [0, 0.05) is 12.2 Å². The first-order valence-corrected chi connectivity index (χ1v) is 10.8. The molecule has 1 atom stereocenters. The molecule has 2 aromatic carbocycles. The number of nitrogens with two attached hydrogens (primary N) is 1. The van der Waals surface area contributed by atoms with Crippen LogP contribution in [0.5, 0.6) is 0 Å². The number of hydrogen-bond donors (Lipinski definition) is 2. The molecule has 1 aliphatic heterocycles. The second-order valence-electron chi connectivity index (χ2n) is 7.55. The summed E-state index contributed by atoms with van der Waals surface area (Å²) in [5.74, 6) is 1.16. The molecule has 0 bridgehead atoms. The van der Waals surface area contributed by atoms with E-state index in [1.54, 1.807) is 0 Å². The highest BCUT2D eigenvalue weighted by Crippen LogP contribution is 2.48. The van der Waals surface area contributed by atoms with Gasteiger partial charge in [-0.1, -0.05) is 72.3 Å². The predicted molar refractivity (Wildman–Crippen MR) is 127 cm³/mol. The highest BCUT2D eigenvalue weighted by Gasteiger charge is 2.48. The van der Waals surface area contributed by atoms with Crippen LogP contribution in [-0.4, -0.2) is 24.0 Å². The minimum absolute atomic E-state index is 0.284. The van der Waals surface area contributed by atoms with Gasteiger partial charge in [0.15, 0.2) is 17.2 Å². The van der Waals surface area contributed by atoms with Crippen LogP contribution in [0.25, 0.3) is 0 Å². The number of nitrogens with zero attached hydrogens (tertiary/aromatic N) is 3. The normalized spacial score (nSPS) is 17.5. The summed E-state index contributed by atoms with van der Waals surface area (Å²) in [7, 11) is 0. The van der Waals surface area contributed by atoms with Crippen LogP contribution in [0.15, 0.2) is 65.7 Å². The third-order valence-corrected chi connectivity index (χ3v) is 5.88. The van der Waals surface area contributed by atoms with Crippen molar-refractivity contribution in [1.29, 1.82) is 0 Å². The lowest BCUT2D eigenvalue weighted by molar-refractivity contribution is 0.169. The number of aliphatic imine (C=N–C) groups is 1. The van der Waals surface area contributed by atoms with E-state index in [1.807, 2.05) is 50.2 Å². The van der Waals surface area contributed by atoms with Gasteiger partial charge in [-0.25, -0.2) is 4.98 Å². The molecule has 0 fully saturated rings.